The highest BCUT2D eigenvalue weighted by Crippen LogP contribution is 2.32. The van der Waals surface area contributed by atoms with Crippen LogP contribution >= 0.6 is 0 Å². The van der Waals surface area contributed by atoms with Gasteiger partial charge in [0.15, 0.2) is 0 Å². The Labute approximate surface area is 113 Å². The van der Waals surface area contributed by atoms with Crippen LogP contribution in [0.25, 0.3) is 11.3 Å². The third-order valence-corrected chi connectivity index (χ3v) is 2.70. The first-order chi connectivity index (χ1) is 9.42. The number of phenolic OH excluding ortho intramolecular Hbond substituents is 1. The molecular formula is C13H12F2N2O3. The number of halogens is 2. The van der Waals surface area contributed by atoms with Gasteiger partial charge in [0.25, 0.3) is 6.43 Å². The second-order valence-electron chi connectivity index (χ2n) is 4.17. The molecule has 7 heteroatoms. The molecule has 1 heterocycles. The number of benzene rings is 1. The molecule has 0 unspecified atom stereocenters. The van der Waals surface area contributed by atoms with Crippen LogP contribution in [-0.2, 0) is 11.8 Å². The Bertz CT molecular complexity index is 653. The topological polar surface area (TPSA) is 64.3 Å². The number of nitrogens with zero attached hydrogens (tertiary/aromatic N) is 2. The number of carbonyl (C=O) groups excluding carboxylic acids is 1. The van der Waals surface area contributed by atoms with E-state index in [9.17, 15) is 18.7 Å². The zero-order valence-corrected chi connectivity index (χ0v) is 10.8. The van der Waals surface area contributed by atoms with Gasteiger partial charge in [0.05, 0.1) is 18.2 Å². The zero-order valence-electron chi connectivity index (χ0n) is 10.8. The number of aromatic hydroxyl groups is 1. The van der Waals surface area contributed by atoms with Gasteiger partial charge < -0.3 is 9.84 Å². The molecule has 0 radical (unpaired) electrons. The second kappa shape index (κ2) is 5.28. The van der Waals surface area contributed by atoms with Gasteiger partial charge in [-0.05, 0) is 18.2 Å². The lowest BCUT2D eigenvalue weighted by Crippen LogP contribution is -2.01. The average Bonchev–Trinajstić information content (AvgIpc) is 2.79. The van der Waals surface area contributed by atoms with Crippen molar-refractivity contribution < 1.29 is 23.4 Å². The molecule has 106 valence electrons. The molecule has 2 aromatic rings. The molecule has 0 atom stereocenters. The molecule has 5 nitrogen and oxygen atoms in total. The van der Waals surface area contributed by atoms with E-state index in [2.05, 4.69) is 9.84 Å². The maximum atomic E-state index is 12.9. The van der Waals surface area contributed by atoms with E-state index in [4.69, 9.17) is 0 Å². The zero-order chi connectivity index (χ0) is 14.9. The lowest BCUT2D eigenvalue weighted by Gasteiger charge is -2.05. The predicted molar refractivity (Wildman–Crippen MR) is 66.6 cm³/mol. The Morgan fingerprint density at radius 3 is 2.70 bits per heavy atom. The van der Waals surface area contributed by atoms with Crippen molar-refractivity contribution in [2.24, 2.45) is 7.05 Å². The standard InChI is InChI=1S/C13H12F2N2O3/c1-17-6-10(12(14)15)11(16-17)7-3-8(13(19)20-2)5-9(18)4-7/h3-6,12,18H,1-2H3. The number of aryl methyl sites for hydroxylation is 1. The van der Waals surface area contributed by atoms with Crippen LogP contribution in [0.15, 0.2) is 24.4 Å². The summed E-state index contributed by atoms with van der Waals surface area (Å²) in [5.41, 5.74) is 0.0344. The van der Waals surface area contributed by atoms with Crippen molar-refractivity contribution in [3.05, 3.63) is 35.5 Å². The number of ether oxygens (including phenoxy) is 1. The molecule has 0 fully saturated rings. The van der Waals surface area contributed by atoms with Crippen LogP contribution in [0.1, 0.15) is 22.3 Å². The van der Waals surface area contributed by atoms with Crippen LogP contribution in [0.5, 0.6) is 5.75 Å². The molecule has 2 rings (SSSR count). The van der Waals surface area contributed by atoms with E-state index in [-0.39, 0.29) is 28.1 Å². The number of esters is 1. The van der Waals surface area contributed by atoms with Crippen molar-refractivity contribution in [3.8, 4) is 17.0 Å². The van der Waals surface area contributed by atoms with Gasteiger partial charge in [-0.3, -0.25) is 4.68 Å². The molecule has 0 aliphatic carbocycles. The van der Waals surface area contributed by atoms with E-state index in [0.717, 1.165) is 0 Å². The summed E-state index contributed by atoms with van der Waals surface area (Å²) in [5, 5.41) is 13.5. The molecule has 0 aliphatic rings. The van der Waals surface area contributed by atoms with Crippen molar-refractivity contribution >= 4 is 5.97 Å². The van der Waals surface area contributed by atoms with E-state index < -0.39 is 12.4 Å². The number of hydrogen-bond donors (Lipinski definition) is 1. The summed E-state index contributed by atoms with van der Waals surface area (Å²) in [7, 11) is 2.71. The Morgan fingerprint density at radius 1 is 1.40 bits per heavy atom. The van der Waals surface area contributed by atoms with Gasteiger partial charge in [0.1, 0.15) is 11.4 Å². The summed E-state index contributed by atoms with van der Waals surface area (Å²) in [5.74, 6) is -0.898. The van der Waals surface area contributed by atoms with Crippen molar-refractivity contribution in [2.45, 2.75) is 6.43 Å². The molecule has 0 amide bonds. The first kappa shape index (κ1) is 14.0. The smallest absolute Gasteiger partial charge is 0.338 e. The van der Waals surface area contributed by atoms with E-state index in [0.29, 0.717) is 0 Å². The van der Waals surface area contributed by atoms with E-state index >= 15 is 0 Å². The number of carbonyl (C=O) groups is 1. The normalized spacial score (nSPS) is 10.8. The fraction of sp³-hybridized carbons (Fsp3) is 0.231. The predicted octanol–water partition coefficient (Wildman–Crippen LogP) is 2.52. The van der Waals surface area contributed by atoms with Gasteiger partial charge in [0, 0.05) is 18.8 Å². The van der Waals surface area contributed by atoms with Gasteiger partial charge >= 0.3 is 5.97 Å². The van der Waals surface area contributed by atoms with E-state index in [1.807, 2.05) is 0 Å². The summed E-state index contributed by atoms with van der Waals surface area (Å²) in [4.78, 5) is 11.5. The highest BCUT2D eigenvalue weighted by atomic mass is 19.3. The quantitative estimate of drug-likeness (QED) is 0.878. The number of methoxy groups -OCH3 is 1. The van der Waals surface area contributed by atoms with Crippen LogP contribution in [0.4, 0.5) is 8.78 Å². The Kier molecular flexibility index (Phi) is 3.69. The minimum absolute atomic E-state index is 0.0172. The van der Waals surface area contributed by atoms with Crippen molar-refractivity contribution in [2.75, 3.05) is 7.11 Å². The molecule has 0 aliphatic heterocycles. The number of alkyl halides is 2. The lowest BCUT2D eigenvalue weighted by atomic mass is 10.0. The molecule has 0 saturated carbocycles. The summed E-state index contributed by atoms with van der Waals surface area (Å²) >= 11 is 0. The van der Waals surface area contributed by atoms with Gasteiger partial charge in [-0.25, -0.2) is 13.6 Å². The summed E-state index contributed by atoms with van der Waals surface area (Å²) in [6.07, 6.45) is -1.51. The Balaban J connectivity index is 2.58. The van der Waals surface area contributed by atoms with Gasteiger partial charge in [-0.15, -0.1) is 0 Å². The largest absolute Gasteiger partial charge is 0.508 e. The first-order valence-corrected chi connectivity index (χ1v) is 5.66. The highest BCUT2D eigenvalue weighted by Gasteiger charge is 2.20. The lowest BCUT2D eigenvalue weighted by molar-refractivity contribution is 0.0600. The number of aromatic nitrogens is 2. The van der Waals surface area contributed by atoms with Crippen molar-refractivity contribution in [3.63, 3.8) is 0 Å². The minimum atomic E-state index is -2.71. The van der Waals surface area contributed by atoms with Crippen LogP contribution in [0.2, 0.25) is 0 Å². The number of rotatable bonds is 3. The molecule has 1 aromatic heterocycles. The van der Waals surface area contributed by atoms with Gasteiger partial charge in [-0.1, -0.05) is 0 Å². The Morgan fingerprint density at radius 2 is 2.10 bits per heavy atom. The molecule has 20 heavy (non-hydrogen) atoms. The van der Waals surface area contributed by atoms with Gasteiger partial charge in [-0.2, -0.15) is 5.10 Å². The summed E-state index contributed by atoms with van der Waals surface area (Å²) < 4.78 is 31.7. The van der Waals surface area contributed by atoms with Crippen molar-refractivity contribution in [1.29, 1.82) is 0 Å². The fourth-order valence-corrected chi connectivity index (χ4v) is 1.87. The van der Waals surface area contributed by atoms with Crippen LogP contribution < -0.4 is 0 Å². The van der Waals surface area contributed by atoms with E-state index in [1.165, 1.54) is 43.2 Å². The average molecular weight is 282 g/mol. The fourth-order valence-electron chi connectivity index (χ4n) is 1.87. The van der Waals surface area contributed by atoms with E-state index in [1.54, 1.807) is 0 Å². The van der Waals surface area contributed by atoms with Crippen LogP contribution in [0.3, 0.4) is 0 Å². The monoisotopic (exact) mass is 282 g/mol. The summed E-state index contributed by atoms with van der Waals surface area (Å²) in [6.45, 7) is 0. The highest BCUT2D eigenvalue weighted by molar-refractivity contribution is 5.91. The third-order valence-electron chi connectivity index (χ3n) is 2.70. The molecule has 1 aromatic carbocycles. The van der Waals surface area contributed by atoms with Gasteiger partial charge in [0.2, 0.25) is 0 Å². The molecule has 0 saturated heterocycles. The minimum Gasteiger partial charge on any atom is -0.508 e. The molecule has 0 bridgehead atoms. The van der Waals surface area contributed by atoms with Crippen molar-refractivity contribution in [1.82, 2.24) is 9.78 Å². The first-order valence-electron chi connectivity index (χ1n) is 5.66. The number of phenols is 1. The number of hydrogen-bond acceptors (Lipinski definition) is 4. The molecule has 0 spiro atoms. The third kappa shape index (κ3) is 2.61. The Hall–Kier alpha value is -2.44. The second-order valence-corrected chi connectivity index (χ2v) is 4.17. The maximum Gasteiger partial charge on any atom is 0.338 e. The maximum absolute atomic E-state index is 12.9. The molecular weight excluding hydrogens is 270 g/mol. The summed E-state index contributed by atoms with van der Waals surface area (Å²) in [6, 6.07) is 3.81. The SMILES string of the molecule is COC(=O)c1cc(O)cc(-c2nn(C)cc2C(F)F)c1. The molecule has 1 N–H and O–H groups in total. The van der Waals surface area contributed by atoms with Crippen LogP contribution in [0, 0.1) is 0 Å². The van der Waals surface area contributed by atoms with Crippen LogP contribution in [-0.4, -0.2) is 28.0 Å².